The Hall–Kier alpha value is -2.30. The molecule has 106 valence electrons. The van der Waals surface area contributed by atoms with Crippen LogP contribution in [0.25, 0.3) is 0 Å². The molecule has 0 N–H and O–H groups in total. The van der Waals surface area contributed by atoms with Gasteiger partial charge in [0.05, 0.1) is 26.3 Å². The van der Waals surface area contributed by atoms with Crippen LogP contribution in [-0.4, -0.2) is 29.8 Å². The van der Waals surface area contributed by atoms with Crippen LogP contribution in [0.2, 0.25) is 0 Å². The number of carbonyl (C=O) groups is 1. The van der Waals surface area contributed by atoms with E-state index in [1.807, 2.05) is 20.0 Å². The number of aryl methyl sites for hydroxylation is 2. The summed E-state index contributed by atoms with van der Waals surface area (Å²) in [5, 5.41) is 4.24. The molecule has 0 amide bonds. The van der Waals surface area contributed by atoms with Gasteiger partial charge < -0.3 is 9.47 Å². The molecule has 2 aromatic rings. The maximum Gasteiger partial charge on any atom is 0.169 e. The van der Waals surface area contributed by atoms with E-state index in [4.69, 9.17) is 9.47 Å². The summed E-state index contributed by atoms with van der Waals surface area (Å²) in [6.07, 6.45) is 0.299. The molecule has 20 heavy (non-hydrogen) atoms. The van der Waals surface area contributed by atoms with Gasteiger partial charge in [0.2, 0.25) is 0 Å². The van der Waals surface area contributed by atoms with Crippen LogP contribution in [0.5, 0.6) is 11.5 Å². The third-order valence-electron chi connectivity index (χ3n) is 3.11. The van der Waals surface area contributed by atoms with Crippen LogP contribution >= 0.6 is 0 Å². The van der Waals surface area contributed by atoms with E-state index in [-0.39, 0.29) is 5.78 Å². The van der Waals surface area contributed by atoms with Crippen molar-refractivity contribution in [2.24, 2.45) is 7.05 Å². The number of rotatable bonds is 5. The first-order valence-corrected chi connectivity index (χ1v) is 6.29. The van der Waals surface area contributed by atoms with E-state index in [0.717, 1.165) is 11.4 Å². The molecule has 0 aliphatic heterocycles. The monoisotopic (exact) mass is 274 g/mol. The van der Waals surface area contributed by atoms with E-state index in [2.05, 4.69) is 5.10 Å². The van der Waals surface area contributed by atoms with E-state index >= 15 is 0 Å². The predicted molar refractivity (Wildman–Crippen MR) is 75.5 cm³/mol. The summed E-state index contributed by atoms with van der Waals surface area (Å²) in [6, 6.07) is 7.09. The first-order chi connectivity index (χ1) is 9.53. The second kappa shape index (κ2) is 5.77. The molecule has 5 heteroatoms. The second-order valence-electron chi connectivity index (χ2n) is 4.60. The Morgan fingerprint density at radius 2 is 1.75 bits per heavy atom. The lowest BCUT2D eigenvalue weighted by molar-refractivity contribution is 0.0990. The standard InChI is InChI=1S/C15H18N2O3/c1-10-5-12(17(2)16-10)8-15(18)11-6-13(19-3)9-14(7-11)20-4/h5-7,9H,8H2,1-4H3. The maximum absolute atomic E-state index is 12.4. The zero-order chi connectivity index (χ0) is 14.7. The molecular weight excluding hydrogens is 256 g/mol. The van der Waals surface area contributed by atoms with Crippen LogP contribution < -0.4 is 9.47 Å². The number of aromatic nitrogens is 2. The lowest BCUT2D eigenvalue weighted by Crippen LogP contribution is -2.08. The van der Waals surface area contributed by atoms with Crippen LogP contribution in [0.1, 0.15) is 21.7 Å². The minimum absolute atomic E-state index is 0.00481. The first-order valence-electron chi connectivity index (χ1n) is 6.29. The van der Waals surface area contributed by atoms with E-state index in [1.54, 1.807) is 37.1 Å². The van der Waals surface area contributed by atoms with Gasteiger partial charge in [0, 0.05) is 24.4 Å². The van der Waals surface area contributed by atoms with Gasteiger partial charge in [0.25, 0.3) is 0 Å². The number of nitrogens with zero attached hydrogens (tertiary/aromatic N) is 2. The first kappa shape index (κ1) is 14.1. The van der Waals surface area contributed by atoms with Crippen molar-refractivity contribution in [1.29, 1.82) is 0 Å². The van der Waals surface area contributed by atoms with Gasteiger partial charge in [-0.1, -0.05) is 0 Å². The fraction of sp³-hybridized carbons (Fsp3) is 0.333. The molecule has 5 nitrogen and oxygen atoms in total. The van der Waals surface area contributed by atoms with Crippen molar-refractivity contribution in [3.63, 3.8) is 0 Å². The van der Waals surface area contributed by atoms with Crippen molar-refractivity contribution >= 4 is 5.78 Å². The third-order valence-corrected chi connectivity index (χ3v) is 3.11. The fourth-order valence-corrected chi connectivity index (χ4v) is 2.06. The molecule has 0 radical (unpaired) electrons. The second-order valence-corrected chi connectivity index (χ2v) is 4.60. The Morgan fingerprint density at radius 3 is 2.20 bits per heavy atom. The van der Waals surface area contributed by atoms with E-state index in [1.165, 1.54) is 0 Å². The van der Waals surface area contributed by atoms with E-state index in [9.17, 15) is 4.79 Å². The van der Waals surface area contributed by atoms with Crippen molar-refractivity contribution < 1.29 is 14.3 Å². The van der Waals surface area contributed by atoms with Gasteiger partial charge >= 0.3 is 0 Å². The number of Topliss-reactive ketones (excluding diaryl/α,β-unsaturated/α-hetero) is 1. The van der Waals surface area contributed by atoms with Gasteiger partial charge in [-0.05, 0) is 25.1 Å². The van der Waals surface area contributed by atoms with Crippen LogP contribution in [-0.2, 0) is 13.5 Å². The molecule has 0 aliphatic carbocycles. The topological polar surface area (TPSA) is 53.4 Å². The molecule has 0 atom stereocenters. The number of hydrogen-bond acceptors (Lipinski definition) is 4. The largest absolute Gasteiger partial charge is 0.497 e. The Labute approximate surface area is 118 Å². The average Bonchev–Trinajstić information content (AvgIpc) is 2.76. The summed E-state index contributed by atoms with van der Waals surface area (Å²) < 4.78 is 12.1. The number of ether oxygens (including phenoxy) is 2. The van der Waals surface area contributed by atoms with E-state index in [0.29, 0.717) is 23.5 Å². The van der Waals surface area contributed by atoms with Crippen molar-refractivity contribution in [3.8, 4) is 11.5 Å². The summed E-state index contributed by atoms with van der Waals surface area (Å²) in [7, 11) is 4.96. The number of carbonyl (C=O) groups excluding carboxylic acids is 1. The number of methoxy groups -OCH3 is 2. The number of ketones is 1. The molecule has 0 saturated carbocycles. The average molecular weight is 274 g/mol. The van der Waals surface area contributed by atoms with Crippen molar-refractivity contribution in [1.82, 2.24) is 9.78 Å². The van der Waals surface area contributed by atoms with Gasteiger partial charge in [-0.25, -0.2) is 0 Å². The highest BCUT2D eigenvalue weighted by molar-refractivity contribution is 5.98. The number of benzene rings is 1. The molecule has 0 fully saturated rings. The Morgan fingerprint density at radius 1 is 1.15 bits per heavy atom. The fourth-order valence-electron chi connectivity index (χ4n) is 2.06. The molecule has 1 heterocycles. The number of hydrogen-bond donors (Lipinski definition) is 0. The summed E-state index contributed by atoms with van der Waals surface area (Å²) in [5.41, 5.74) is 2.35. The zero-order valence-electron chi connectivity index (χ0n) is 12.1. The predicted octanol–water partition coefficient (Wildman–Crippen LogP) is 2.17. The highest BCUT2D eigenvalue weighted by Gasteiger charge is 2.13. The van der Waals surface area contributed by atoms with Crippen molar-refractivity contribution in [2.45, 2.75) is 13.3 Å². The Bertz CT molecular complexity index is 610. The molecule has 0 bridgehead atoms. The van der Waals surface area contributed by atoms with E-state index < -0.39 is 0 Å². The SMILES string of the molecule is COc1cc(OC)cc(C(=O)Cc2cc(C)nn2C)c1. The van der Waals surface area contributed by atoms with Crippen LogP contribution in [0, 0.1) is 6.92 Å². The highest BCUT2D eigenvalue weighted by atomic mass is 16.5. The van der Waals surface area contributed by atoms with Crippen molar-refractivity contribution in [3.05, 3.63) is 41.2 Å². The molecule has 2 rings (SSSR count). The van der Waals surface area contributed by atoms with Crippen LogP contribution in [0.15, 0.2) is 24.3 Å². The minimum atomic E-state index is 0.00481. The lowest BCUT2D eigenvalue weighted by Gasteiger charge is -2.08. The van der Waals surface area contributed by atoms with Gasteiger partial charge in [-0.15, -0.1) is 0 Å². The lowest BCUT2D eigenvalue weighted by atomic mass is 10.1. The summed E-state index contributed by atoms with van der Waals surface area (Å²) in [5.74, 6) is 1.22. The van der Waals surface area contributed by atoms with Crippen LogP contribution in [0.4, 0.5) is 0 Å². The van der Waals surface area contributed by atoms with Crippen molar-refractivity contribution in [2.75, 3.05) is 14.2 Å². The summed E-state index contributed by atoms with van der Waals surface area (Å²) in [4.78, 5) is 12.4. The maximum atomic E-state index is 12.4. The molecule has 0 saturated heterocycles. The van der Waals surface area contributed by atoms with Gasteiger partial charge in [-0.3, -0.25) is 9.48 Å². The zero-order valence-corrected chi connectivity index (χ0v) is 12.1. The quantitative estimate of drug-likeness (QED) is 0.784. The molecule has 1 aromatic carbocycles. The summed E-state index contributed by atoms with van der Waals surface area (Å²) >= 11 is 0. The van der Waals surface area contributed by atoms with Gasteiger partial charge in [-0.2, -0.15) is 5.10 Å². The third kappa shape index (κ3) is 2.99. The molecule has 0 aliphatic rings. The minimum Gasteiger partial charge on any atom is -0.497 e. The molecule has 0 unspecified atom stereocenters. The summed E-state index contributed by atoms with van der Waals surface area (Å²) in [6.45, 7) is 1.91. The molecular formula is C15H18N2O3. The van der Waals surface area contributed by atoms with Gasteiger partial charge in [0.1, 0.15) is 11.5 Å². The Kier molecular flexibility index (Phi) is 4.08. The highest BCUT2D eigenvalue weighted by Crippen LogP contribution is 2.23. The van der Waals surface area contributed by atoms with Crippen LogP contribution in [0.3, 0.4) is 0 Å². The normalized spacial score (nSPS) is 10.4. The molecule has 1 aromatic heterocycles. The Balaban J connectivity index is 2.26. The molecule has 0 spiro atoms. The van der Waals surface area contributed by atoms with Gasteiger partial charge in [0.15, 0.2) is 5.78 Å². The smallest absolute Gasteiger partial charge is 0.169 e.